The molecule has 8 nitrogen and oxygen atoms in total. The molecule has 1 atom stereocenters. The summed E-state index contributed by atoms with van der Waals surface area (Å²) in [5, 5.41) is 10.2. The Morgan fingerprint density at radius 3 is 2.55 bits per heavy atom. The molecule has 2 fully saturated rings. The Morgan fingerprint density at radius 2 is 1.88 bits per heavy atom. The van der Waals surface area contributed by atoms with Gasteiger partial charge in [0, 0.05) is 31.2 Å². The summed E-state index contributed by atoms with van der Waals surface area (Å²) in [4.78, 5) is 40.8. The first-order chi connectivity index (χ1) is 19.2. The van der Waals surface area contributed by atoms with Crippen LogP contribution in [-0.4, -0.2) is 71.0 Å². The van der Waals surface area contributed by atoms with Gasteiger partial charge >= 0.3 is 12.0 Å². The van der Waals surface area contributed by atoms with E-state index in [2.05, 4.69) is 29.2 Å². The van der Waals surface area contributed by atoms with Gasteiger partial charge in [-0.25, -0.2) is 4.79 Å². The van der Waals surface area contributed by atoms with E-state index in [0.29, 0.717) is 12.0 Å². The van der Waals surface area contributed by atoms with Gasteiger partial charge in [-0.15, -0.1) is 0 Å². The van der Waals surface area contributed by atoms with Gasteiger partial charge in [0.2, 0.25) is 5.91 Å². The van der Waals surface area contributed by atoms with Crippen molar-refractivity contribution in [3.8, 4) is 5.75 Å². The summed E-state index contributed by atoms with van der Waals surface area (Å²) in [7, 11) is 1.62. The Labute approximate surface area is 240 Å². The molecule has 1 saturated carbocycles. The Hall–Kier alpha value is -3.10. The van der Waals surface area contributed by atoms with Crippen LogP contribution in [0, 0.1) is 18.8 Å². The number of hydrogen-bond acceptors (Lipinski definition) is 5. The summed E-state index contributed by atoms with van der Waals surface area (Å²) in [5.74, 6) is 0.147. The van der Waals surface area contributed by atoms with Crippen molar-refractivity contribution in [2.24, 2.45) is 11.8 Å². The SMILES string of the molecule is Cc1cc(CN(C[C@H]2CC[C@H](C(=O)O)CC2)C2CCc3cc(Cl)ccc32)ccc1OCCN1C(=O)CN(C)C1=O. The monoisotopic (exact) mass is 567 g/mol. The minimum absolute atomic E-state index is 0.114. The van der Waals surface area contributed by atoms with Gasteiger partial charge in [-0.05, 0) is 91.8 Å². The van der Waals surface area contributed by atoms with Gasteiger partial charge in [-0.3, -0.25) is 19.4 Å². The van der Waals surface area contributed by atoms with Crippen LogP contribution >= 0.6 is 11.6 Å². The van der Waals surface area contributed by atoms with Crippen LogP contribution in [0.3, 0.4) is 0 Å². The van der Waals surface area contributed by atoms with Crippen molar-refractivity contribution in [1.82, 2.24) is 14.7 Å². The molecule has 0 radical (unpaired) electrons. The Bertz CT molecular complexity index is 1280. The van der Waals surface area contributed by atoms with Crippen LogP contribution in [0.2, 0.25) is 5.02 Å². The number of amides is 3. The smallest absolute Gasteiger partial charge is 0.327 e. The van der Waals surface area contributed by atoms with E-state index in [1.54, 1.807) is 7.05 Å². The number of ether oxygens (including phenoxy) is 1. The molecule has 1 heterocycles. The highest BCUT2D eigenvalue weighted by molar-refractivity contribution is 6.30. The summed E-state index contributed by atoms with van der Waals surface area (Å²) in [6.07, 6.45) is 5.44. The molecule has 0 aromatic heterocycles. The highest BCUT2D eigenvalue weighted by Gasteiger charge is 2.34. The summed E-state index contributed by atoms with van der Waals surface area (Å²) in [5.41, 5.74) is 4.86. The third kappa shape index (κ3) is 6.28. The number of imide groups is 1. The number of likely N-dealkylation sites (N-methyl/N-ethyl adjacent to an activating group) is 1. The number of aryl methyl sites for hydroxylation is 2. The summed E-state index contributed by atoms with van der Waals surface area (Å²) >= 11 is 6.29. The molecule has 1 saturated heterocycles. The van der Waals surface area contributed by atoms with E-state index >= 15 is 0 Å². The molecule has 40 heavy (non-hydrogen) atoms. The lowest BCUT2D eigenvalue weighted by Crippen LogP contribution is -2.35. The number of urea groups is 1. The fourth-order valence-electron chi connectivity index (χ4n) is 6.51. The molecular formula is C31H38ClN3O5. The number of rotatable bonds is 10. The number of carbonyl (C=O) groups is 3. The molecule has 2 aliphatic carbocycles. The van der Waals surface area contributed by atoms with Gasteiger partial charge in [0.15, 0.2) is 0 Å². The minimum Gasteiger partial charge on any atom is -0.491 e. The van der Waals surface area contributed by atoms with E-state index in [0.717, 1.165) is 68.0 Å². The van der Waals surface area contributed by atoms with Crippen molar-refractivity contribution in [3.05, 3.63) is 63.7 Å². The van der Waals surface area contributed by atoms with Gasteiger partial charge in [-0.1, -0.05) is 29.8 Å². The highest BCUT2D eigenvalue weighted by Crippen LogP contribution is 2.40. The lowest BCUT2D eigenvalue weighted by molar-refractivity contribution is -0.143. The van der Waals surface area contributed by atoms with E-state index in [9.17, 15) is 19.5 Å². The molecule has 0 bridgehead atoms. The van der Waals surface area contributed by atoms with Crippen LogP contribution in [0.25, 0.3) is 0 Å². The van der Waals surface area contributed by atoms with Crippen molar-refractivity contribution in [3.63, 3.8) is 0 Å². The topological polar surface area (TPSA) is 90.4 Å². The molecule has 1 aliphatic heterocycles. The number of fused-ring (bicyclic) bond motifs is 1. The average Bonchev–Trinajstić information content (AvgIpc) is 3.44. The van der Waals surface area contributed by atoms with E-state index in [1.807, 2.05) is 19.1 Å². The van der Waals surface area contributed by atoms with Gasteiger partial charge in [-0.2, -0.15) is 0 Å². The van der Waals surface area contributed by atoms with Crippen molar-refractivity contribution < 1.29 is 24.2 Å². The molecule has 1 unspecified atom stereocenters. The predicted molar refractivity (Wildman–Crippen MR) is 152 cm³/mol. The van der Waals surface area contributed by atoms with Crippen LogP contribution in [0.4, 0.5) is 4.79 Å². The molecular weight excluding hydrogens is 530 g/mol. The van der Waals surface area contributed by atoms with Crippen molar-refractivity contribution >= 4 is 29.5 Å². The number of benzene rings is 2. The van der Waals surface area contributed by atoms with Gasteiger partial charge in [0.25, 0.3) is 0 Å². The van der Waals surface area contributed by atoms with Crippen LogP contribution in [-0.2, 0) is 22.6 Å². The quantitative estimate of drug-likeness (QED) is 0.392. The van der Waals surface area contributed by atoms with Crippen molar-refractivity contribution in [1.29, 1.82) is 0 Å². The minimum atomic E-state index is -0.666. The number of nitrogens with zero attached hydrogens (tertiary/aromatic N) is 3. The maximum Gasteiger partial charge on any atom is 0.327 e. The van der Waals surface area contributed by atoms with Crippen LogP contribution in [0.1, 0.15) is 60.4 Å². The normalized spacial score (nSPS) is 22.8. The molecule has 3 amide bonds. The molecule has 214 valence electrons. The number of carboxylic acids is 1. The largest absolute Gasteiger partial charge is 0.491 e. The second-order valence-corrected chi connectivity index (χ2v) is 12.0. The standard InChI is InChI=1S/C31H38ClN3O5/c1-20-15-22(5-12-28(20)40-14-13-35-29(36)19-33(2)31(35)39)18-34(17-21-3-6-23(7-4-21)30(37)38)27-11-8-24-16-25(32)9-10-26(24)27/h5,9-10,12,15-16,21,23,27H,3-4,6-8,11,13-14,17-19H2,1-2H3,(H,37,38)/t21-,23-,27?. The Balaban J connectivity index is 1.26. The van der Waals surface area contributed by atoms with Crippen LogP contribution in [0.5, 0.6) is 5.75 Å². The zero-order valence-corrected chi connectivity index (χ0v) is 24.0. The van der Waals surface area contributed by atoms with Gasteiger partial charge in [0.1, 0.15) is 18.9 Å². The second-order valence-electron chi connectivity index (χ2n) is 11.5. The Kier molecular flexibility index (Phi) is 8.66. The van der Waals surface area contributed by atoms with E-state index in [1.165, 1.54) is 26.5 Å². The fourth-order valence-corrected chi connectivity index (χ4v) is 6.71. The summed E-state index contributed by atoms with van der Waals surface area (Å²) < 4.78 is 5.96. The third-order valence-corrected chi connectivity index (χ3v) is 8.94. The first-order valence-corrected chi connectivity index (χ1v) is 14.6. The van der Waals surface area contributed by atoms with Crippen molar-refractivity contribution in [2.75, 3.05) is 33.3 Å². The molecule has 1 N–H and O–H groups in total. The molecule has 0 spiro atoms. The van der Waals surface area contributed by atoms with Crippen LogP contribution in [0.15, 0.2) is 36.4 Å². The van der Waals surface area contributed by atoms with Gasteiger partial charge in [0.05, 0.1) is 12.5 Å². The number of carbonyl (C=O) groups excluding carboxylic acids is 2. The molecule has 2 aromatic carbocycles. The van der Waals surface area contributed by atoms with E-state index in [-0.39, 0.29) is 37.6 Å². The zero-order chi connectivity index (χ0) is 28.4. The zero-order valence-electron chi connectivity index (χ0n) is 23.3. The summed E-state index contributed by atoms with van der Waals surface area (Å²) in [6, 6.07) is 12.5. The number of halogens is 1. The molecule has 5 rings (SSSR count). The van der Waals surface area contributed by atoms with E-state index < -0.39 is 5.97 Å². The fraction of sp³-hybridized carbons (Fsp3) is 0.516. The number of carboxylic acid groups (broad SMARTS) is 1. The van der Waals surface area contributed by atoms with E-state index in [4.69, 9.17) is 16.3 Å². The molecule has 3 aliphatic rings. The summed E-state index contributed by atoms with van der Waals surface area (Å²) in [6.45, 7) is 4.33. The molecule has 9 heteroatoms. The maximum absolute atomic E-state index is 12.1. The third-order valence-electron chi connectivity index (χ3n) is 8.71. The van der Waals surface area contributed by atoms with Crippen molar-refractivity contribution in [2.45, 2.75) is 58.0 Å². The average molecular weight is 568 g/mol. The predicted octanol–water partition coefficient (Wildman–Crippen LogP) is 5.30. The number of aliphatic carboxylic acids is 1. The lowest BCUT2D eigenvalue weighted by atomic mass is 9.81. The maximum atomic E-state index is 12.1. The first kappa shape index (κ1) is 28.4. The van der Waals surface area contributed by atoms with Crippen LogP contribution < -0.4 is 4.74 Å². The first-order valence-electron chi connectivity index (χ1n) is 14.2. The molecule has 2 aromatic rings. The highest BCUT2D eigenvalue weighted by atomic mass is 35.5. The number of hydrogen-bond donors (Lipinski definition) is 1. The van der Waals surface area contributed by atoms with Gasteiger partial charge < -0.3 is 14.7 Å². The Morgan fingerprint density at radius 1 is 1.10 bits per heavy atom. The second kappa shape index (κ2) is 12.2. The lowest BCUT2D eigenvalue weighted by Gasteiger charge is -2.35.